The number of anilines is 2. The van der Waals surface area contributed by atoms with Crippen molar-refractivity contribution >= 4 is 22.3 Å². The molecule has 4 N–H and O–H groups in total. The quantitative estimate of drug-likeness (QED) is 0.454. The SMILES string of the molecule is Nc1ccc2oc3ccc(N)c(=O)c-3cc2c1. The maximum Gasteiger partial charge on any atom is 0.212 e. The van der Waals surface area contributed by atoms with E-state index in [9.17, 15) is 4.79 Å². The lowest BCUT2D eigenvalue weighted by atomic mass is 10.1. The minimum atomic E-state index is -0.212. The Morgan fingerprint density at radius 1 is 1.00 bits per heavy atom. The second kappa shape index (κ2) is 3.25. The van der Waals surface area contributed by atoms with Gasteiger partial charge in [-0.15, -0.1) is 0 Å². The summed E-state index contributed by atoms with van der Waals surface area (Å²) in [4.78, 5) is 11.8. The maximum absolute atomic E-state index is 11.8. The molecule has 1 aliphatic carbocycles. The van der Waals surface area contributed by atoms with Crippen LogP contribution in [-0.4, -0.2) is 0 Å². The van der Waals surface area contributed by atoms with Crippen LogP contribution in [0.15, 0.2) is 45.6 Å². The van der Waals surface area contributed by atoms with E-state index in [1.807, 2.05) is 0 Å². The van der Waals surface area contributed by atoms with E-state index >= 15 is 0 Å². The summed E-state index contributed by atoms with van der Waals surface area (Å²) in [5.41, 5.74) is 13.1. The molecule has 1 heterocycles. The zero-order valence-corrected chi connectivity index (χ0v) is 8.94. The summed E-state index contributed by atoms with van der Waals surface area (Å²) in [5.74, 6) is 0.529. The topological polar surface area (TPSA) is 82.2 Å². The van der Waals surface area contributed by atoms with Crippen molar-refractivity contribution in [2.45, 2.75) is 0 Å². The van der Waals surface area contributed by atoms with E-state index in [0.29, 0.717) is 22.6 Å². The van der Waals surface area contributed by atoms with E-state index < -0.39 is 0 Å². The van der Waals surface area contributed by atoms with Crippen LogP contribution in [0.3, 0.4) is 0 Å². The molecule has 17 heavy (non-hydrogen) atoms. The average Bonchev–Trinajstić information content (AvgIpc) is 2.32. The Bertz CT molecular complexity index is 746. The number of hydrogen-bond donors (Lipinski definition) is 2. The summed E-state index contributed by atoms with van der Waals surface area (Å²) in [6, 6.07) is 10.3. The largest absolute Gasteiger partial charge is 0.456 e. The molecule has 4 heteroatoms. The number of hydrogen-bond acceptors (Lipinski definition) is 4. The highest BCUT2D eigenvalue weighted by Gasteiger charge is 2.12. The molecule has 0 saturated heterocycles. The highest BCUT2D eigenvalue weighted by atomic mass is 16.3. The Hall–Kier alpha value is -2.49. The van der Waals surface area contributed by atoms with E-state index in [1.54, 1.807) is 36.4 Å². The Kier molecular flexibility index (Phi) is 1.86. The van der Waals surface area contributed by atoms with Crippen LogP contribution in [-0.2, 0) is 0 Å². The van der Waals surface area contributed by atoms with Crippen molar-refractivity contribution < 1.29 is 4.42 Å². The molecule has 84 valence electrons. The molecule has 0 atom stereocenters. The lowest BCUT2D eigenvalue weighted by molar-refractivity contribution is 0.619. The number of fused-ring (bicyclic) bond motifs is 2. The fourth-order valence-electron chi connectivity index (χ4n) is 1.87. The van der Waals surface area contributed by atoms with Crippen LogP contribution in [0, 0.1) is 0 Å². The van der Waals surface area contributed by atoms with Crippen molar-refractivity contribution in [1.29, 1.82) is 0 Å². The fourth-order valence-corrected chi connectivity index (χ4v) is 1.87. The zero-order valence-electron chi connectivity index (χ0n) is 8.94. The van der Waals surface area contributed by atoms with Gasteiger partial charge >= 0.3 is 0 Å². The van der Waals surface area contributed by atoms with Gasteiger partial charge in [0.25, 0.3) is 0 Å². The summed E-state index contributed by atoms with van der Waals surface area (Å²) in [6.45, 7) is 0. The highest BCUT2D eigenvalue weighted by molar-refractivity contribution is 5.85. The van der Waals surface area contributed by atoms with Crippen molar-refractivity contribution in [3.05, 3.63) is 46.6 Å². The molecule has 0 radical (unpaired) electrons. The van der Waals surface area contributed by atoms with Crippen molar-refractivity contribution in [2.75, 3.05) is 11.5 Å². The Morgan fingerprint density at radius 3 is 2.65 bits per heavy atom. The predicted octanol–water partition coefficient (Wildman–Crippen LogP) is 2.06. The summed E-state index contributed by atoms with van der Waals surface area (Å²) >= 11 is 0. The van der Waals surface area contributed by atoms with E-state index in [0.717, 1.165) is 5.39 Å². The molecular weight excluding hydrogens is 216 g/mol. The number of benzene rings is 2. The smallest absolute Gasteiger partial charge is 0.212 e. The fraction of sp³-hybridized carbons (Fsp3) is 0. The van der Waals surface area contributed by atoms with Gasteiger partial charge in [-0.2, -0.15) is 0 Å². The van der Waals surface area contributed by atoms with Crippen LogP contribution in [0.4, 0.5) is 11.4 Å². The van der Waals surface area contributed by atoms with Gasteiger partial charge in [0.1, 0.15) is 11.3 Å². The van der Waals surface area contributed by atoms with Crippen molar-refractivity contribution in [2.24, 2.45) is 0 Å². The van der Waals surface area contributed by atoms with Crippen LogP contribution < -0.4 is 16.9 Å². The van der Waals surface area contributed by atoms with Crippen LogP contribution in [0.2, 0.25) is 0 Å². The minimum absolute atomic E-state index is 0.212. The van der Waals surface area contributed by atoms with Crippen LogP contribution in [0.25, 0.3) is 22.3 Å². The van der Waals surface area contributed by atoms with Crippen molar-refractivity contribution in [3.8, 4) is 11.3 Å². The number of rotatable bonds is 0. The molecule has 0 fully saturated rings. The lowest BCUT2D eigenvalue weighted by Gasteiger charge is -2.07. The number of nitrogen functional groups attached to an aromatic ring is 2. The molecule has 1 aromatic rings. The van der Waals surface area contributed by atoms with Crippen LogP contribution in [0.5, 0.6) is 0 Å². The van der Waals surface area contributed by atoms with Gasteiger partial charge in [-0.05, 0) is 36.4 Å². The molecule has 0 spiro atoms. The lowest BCUT2D eigenvalue weighted by Crippen LogP contribution is -2.10. The predicted molar refractivity (Wildman–Crippen MR) is 67.9 cm³/mol. The zero-order chi connectivity index (χ0) is 12.0. The van der Waals surface area contributed by atoms with Gasteiger partial charge in [-0.1, -0.05) is 0 Å². The molecule has 0 saturated carbocycles. The molecule has 0 bridgehead atoms. The minimum Gasteiger partial charge on any atom is -0.456 e. The monoisotopic (exact) mass is 226 g/mol. The molecule has 0 unspecified atom stereocenters. The summed E-state index contributed by atoms with van der Waals surface area (Å²) in [5, 5.41) is 0.792. The van der Waals surface area contributed by atoms with E-state index in [1.165, 1.54) is 0 Å². The molecule has 0 aromatic heterocycles. The molecule has 3 rings (SSSR count). The molecule has 2 aliphatic rings. The van der Waals surface area contributed by atoms with Crippen molar-refractivity contribution in [3.63, 3.8) is 0 Å². The molecule has 0 amide bonds. The molecule has 1 aliphatic heterocycles. The first-order chi connectivity index (χ1) is 8.15. The summed E-state index contributed by atoms with van der Waals surface area (Å²) in [6.07, 6.45) is 0. The Morgan fingerprint density at radius 2 is 1.82 bits per heavy atom. The average molecular weight is 226 g/mol. The molecule has 1 aromatic carbocycles. The summed E-state index contributed by atoms with van der Waals surface area (Å²) < 4.78 is 5.63. The van der Waals surface area contributed by atoms with E-state index in [4.69, 9.17) is 15.9 Å². The van der Waals surface area contributed by atoms with Gasteiger partial charge in [0.05, 0.1) is 11.3 Å². The summed E-state index contributed by atoms with van der Waals surface area (Å²) in [7, 11) is 0. The standard InChI is InChI=1S/C13H10N2O2/c14-8-1-3-11-7(5-8)6-9-12(17-11)4-2-10(15)13(9)16/h1-6H,14-15H2. The highest BCUT2D eigenvalue weighted by Crippen LogP contribution is 2.27. The van der Waals surface area contributed by atoms with Gasteiger partial charge in [0, 0.05) is 11.1 Å². The normalized spacial score (nSPS) is 11.1. The molecule has 4 nitrogen and oxygen atoms in total. The third-order valence-electron chi connectivity index (χ3n) is 2.74. The molecular formula is C13H10N2O2. The maximum atomic E-state index is 11.8. The van der Waals surface area contributed by atoms with Gasteiger partial charge in [-0.25, -0.2) is 0 Å². The van der Waals surface area contributed by atoms with Crippen LogP contribution >= 0.6 is 0 Å². The second-order valence-corrected chi connectivity index (χ2v) is 3.94. The Balaban J connectivity index is 2.50. The van der Waals surface area contributed by atoms with Gasteiger partial charge < -0.3 is 15.9 Å². The second-order valence-electron chi connectivity index (χ2n) is 3.94. The van der Waals surface area contributed by atoms with Gasteiger partial charge in [0.15, 0.2) is 0 Å². The first-order valence-corrected chi connectivity index (χ1v) is 5.17. The Labute approximate surface area is 96.8 Å². The van der Waals surface area contributed by atoms with Gasteiger partial charge in [-0.3, -0.25) is 4.79 Å². The van der Waals surface area contributed by atoms with E-state index in [2.05, 4.69) is 0 Å². The van der Waals surface area contributed by atoms with Crippen LogP contribution in [0.1, 0.15) is 0 Å². The third kappa shape index (κ3) is 1.42. The third-order valence-corrected chi connectivity index (χ3v) is 2.74. The van der Waals surface area contributed by atoms with Gasteiger partial charge in [0.2, 0.25) is 5.43 Å². The first kappa shape index (κ1) is 9.72. The first-order valence-electron chi connectivity index (χ1n) is 5.17. The number of nitrogens with two attached hydrogens (primary N) is 2. The van der Waals surface area contributed by atoms with E-state index in [-0.39, 0.29) is 11.1 Å². The van der Waals surface area contributed by atoms with Crippen molar-refractivity contribution in [1.82, 2.24) is 0 Å².